The standard InChI is InChI=1S/C23H26N6O/c30-23(28-17-3-1-2-4-17)20-9-10-24-13-22(20)29-14-18(7-8-21(29)16-5-6-16)27-19-11-25-15-26-12-19/h7-13,15-17,27H,1-6,14H2,(H,28,30). The third-order valence-corrected chi connectivity index (χ3v) is 5.98. The Labute approximate surface area is 176 Å². The number of anilines is 2. The second-order valence-electron chi connectivity index (χ2n) is 8.24. The molecule has 0 spiro atoms. The Morgan fingerprint density at radius 2 is 1.80 bits per heavy atom. The number of pyridine rings is 1. The van der Waals surface area contributed by atoms with Gasteiger partial charge >= 0.3 is 0 Å². The second-order valence-corrected chi connectivity index (χ2v) is 8.24. The molecule has 0 bridgehead atoms. The molecule has 2 N–H and O–H groups in total. The zero-order chi connectivity index (χ0) is 20.3. The van der Waals surface area contributed by atoms with Crippen LogP contribution in [0.5, 0.6) is 0 Å². The van der Waals surface area contributed by atoms with Crippen LogP contribution in [0.4, 0.5) is 11.4 Å². The van der Waals surface area contributed by atoms with E-state index in [0.29, 0.717) is 18.0 Å². The Morgan fingerprint density at radius 1 is 1.00 bits per heavy atom. The lowest BCUT2D eigenvalue weighted by Crippen LogP contribution is -2.36. The minimum Gasteiger partial charge on any atom is -0.355 e. The first kappa shape index (κ1) is 18.8. The van der Waals surface area contributed by atoms with Crippen molar-refractivity contribution in [2.75, 3.05) is 16.8 Å². The van der Waals surface area contributed by atoms with Crippen LogP contribution in [0.25, 0.3) is 0 Å². The van der Waals surface area contributed by atoms with Gasteiger partial charge in [-0.15, -0.1) is 0 Å². The molecule has 1 amide bonds. The molecular formula is C23H26N6O. The predicted molar refractivity (Wildman–Crippen MR) is 116 cm³/mol. The van der Waals surface area contributed by atoms with Crippen LogP contribution >= 0.6 is 0 Å². The molecule has 2 aromatic rings. The van der Waals surface area contributed by atoms with E-state index in [-0.39, 0.29) is 11.9 Å². The number of rotatable bonds is 6. The summed E-state index contributed by atoms with van der Waals surface area (Å²) in [6.07, 6.45) is 19.7. The monoisotopic (exact) mass is 402 g/mol. The highest BCUT2D eigenvalue weighted by molar-refractivity contribution is 6.00. The van der Waals surface area contributed by atoms with E-state index in [1.165, 1.54) is 37.7 Å². The van der Waals surface area contributed by atoms with E-state index >= 15 is 0 Å². The van der Waals surface area contributed by atoms with Crippen molar-refractivity contribution in [2.45, 2.75) is 44.6 Å². The molecule has 5 rings (SSSR count). The van der Waals surface area contributed by atoms with Crippen LogP contribution in [0.15, 0.2) is 60.7 Å². The summed E-state index contributed by atoms with van der Waals surface area (Å²) in [6, 6.07) is 2.12. The number of amides is 1. The first-order valence-corrected chi connectivity index (χ1v) is 10.7. The summed E-state index contributed by atoms with van der Waals surface area (Å²) in [7, 11) is 0. The predicted octanol–water partition coefficient (Wildman–Crippen LogP) is 3.65. The number of nitrogens with zero attached hydrogens (tertiary/aromatic N) is 4. The average molecular weight is 403 g/mol. The molecule has 0 saturated heterocycles. The highest BCUT2D eigenvalue weighted by Gasteiger charge is 2.33. The molecule has 2 fully saturated rings. The van der Waals surface area contributed by atoms with E-state index in [4.69, 9.17) is 0 Å². The third kappa shape index (κ3) is 4.06. The van der Waals surface area contributed by atoms with Crippen LogP contribution in [-0.2, 0) is 0 Å². The van der Waals surface area contributed by atoms with Gasteiger partial charge in [0.15, 0.2) is 0 Å². The number of carbonyl (C=O) groups is 1. The fraction of sp³-hybridized carbons (Fsp3) is 0.391. The van der Waals surface area contributed by atoms with Gasteiger partial charge in [-0.2, -0.15) is 0 Å². The average Bonchev–Trinajstić information content (AvgIpc) is 3.50. The second kappa shape index (κ2) is 8.26. The fourth-order valence-electron chi connectivity index (χ4n) is 4.31. The van der Waals surface area contributed by atoms with E-state index in [2.05, 4.69) is 42.6 Å². The van der Waals surface area contributed by atoms with Crippen molar-refractivity contribution in [2.24, 2.45) is 5.92 Å². The van der Waals surface area contributed by atoms with Crippen LogP contribution in [0.2, 0.25) is 0 Å². The minimum atomic E-state index is -0.00466. The smallest absolute Gasteiger partial charge is 0.253 e. The Bertz CT molecular complexity index is 976. The lowest BCUT2D eigenvalue weighted by atomic mass is 10.1. The van der Waals surface area contributed by atoms with Crippen LogP contribution < -0.4 is 15.5 Å². The Hall–Kier alpha value is -3.22. The molecule has 1 aliphatic heterocycles. The highest BCUT2D eigenvalue weighted by atomic mass is 16.1. The molecule has 2 saturated carbocycles. The van der Waals surface area contributed by atoms with Gasteiger partial charge in [0.05, 0.1) is 42.1 Å². The van der Waals surface area contributed by atoms with Crippen LogP contribution in [0.3, 0.4) is 0 Å². The summed E-state index contributed by atoms with van der Waals surface area (Å²) >= 11 is 0. The topological polar surface area (TPSA) is 83.0 Å². The van der Waals surface area contributed by atoms with Crippen LogP contribution in [0.1, 0.15) is 48.9 Å². The summed E-state index contributed by atoms with van der Waals surface area (Å²) in [5, 5.41) is 6.62. The van der Waals surface area contributed by atoms with E-state index in [1.54, 1.807) is 18.6 Å². The number of allylic oxidation sites excluding steroid dienone is 3. The maximum absolute atomic E-state index is 13.1. The molecule has 2 aliphatic carbocycles. The third-order valence-electron chi connectivity index (χ3n) is 5.98. The number of hydrogen-bond donors (Lipinski definition) is 2. The van der Waals surface area contributed by atoms with E-state index in [9.17, 15) is 4.79 Å². The van der Waals surface area contributed by atoms with Crippen molar-refractivity contribution in [1.29, 1.82) is 0 Å². The molecule has 154 valence electrons. The van der Waals surface area contributed by atoms with Crippen molar-refractivity contribution < 1.29 is 4.79 Å². The van der Waals surface area contributed by atoms with Gasteiger partial charge in [-0.1, -0.05) is 12.8 Å². The van der Waals surface area contributed by atoms with Gasteiger partial charge in [-0.25, -0.2) is 9.97 Å². The van der Waals surface area contributed by atoms with Gasteiger partial charge in [0.2, 0.25) is 0 Å². The molecule has 0 unspecified atom stereocenters. The zero-order valence-electron chi connectivity index (χ0n) is 16.9. The van der Waals surface area contributed by atoms with Crippen molar-refractivity contribution in [1.82, 2.24) is 20.3 Å². The molecule has 0 aromatic carbocycles. The van der Waals surface area contributed by atoms with Crippen LogP contribution in [0, 0.1) is 5.92 Å². The molecule has 30 heavy (non-hydrogen) atoms. The van der Waals surface area contributed by atoms with Crippen molar-refractivity contribution in [3.8, 4) is 0 Å². The Balaban J connectivity index is 1.41. The SMILES string of the molecule is O=C(NC1CCCC1)c1ccncc1N1CC(Nc2cncnc2)=CC=C1C1CC1. The molecule has 2 aromatic heterocycles. The number of nitrogens with one attached hydrogen (secondary N) is 2. The number of hydrogen-bond acceptors (Lipinski definition) is 6. The van der Waals surface area contributed by atoms with Gasteiger partial charge in [-0.3, -0.25) is 9.78 Å². The Morgan fingerprint density at radius 3 is 2.57 bits per heavy atom. The summed E-state index contributed by atoms with van der Waals surface area (Å²) in [5.74, 6) is 0.545. The highest BCUT2D eigenvalue weighted by Crippen LogP contribution is 2.42. The van der Waals surface area contributed by atoms with E-state index in [1.807, 2.05) is 12.3 Å². The molecule has 3 heterocycles. The van der Waals surface area contributed by atoms with Gasteiger partial charge in [0.25, 0.3) is 5.91 Å². The summed E-state index contributed by atoms with van der Waals surface area (Å²) in [5.41, 5.74) is 4.68. The first-order chi connectivity index (χ1) is 14.8. The maximum Gasteiger partial charge on any atom is 0.253 e. The molecule has 7 nitrogen and oxygen atoms in total. The van der Waals surface area contributed by atoms with E-state index in [0.717, 1.165) is 29.9 Å². The summed E-state index contributed by atoms with van der Waals surface area (Å²) in [6.45, 7) is 0.645. The van der Waals surface area contributed by atoms with Crippen molar-refractivity contribution >= 4 is 17.3 Å². The molecule has 7 heteroatoms. The lowest BCUT2D eigenvalue weighted by Gasteiger charge is -2.33. The quantitative estimate of drug-likeness (QED) is 0.767. The molecule has 3 aliphatic rings. The zero-order valence-corrected chi connectivity index (χ0v) is 16.9. The van der Waals surface area contributed by atoms with Crippen LogP contribution in [-0.4, -0.2) is 33.4 Å². The largest absolute Gasteiger partial charge is 0.355 e. The minimum absolute atomic E-state index is 0.00466. The molecular weight excluding hydrogens is 376 g/mol. The van der Waals surface area contributed by atoms with Gasteiger partial charge < -0.3 is 15.5 Å². The molecule has 0 atom stereocenters. The van der Waals surface area contributed by atoms with Crippen molar-refractivity contribution in [3.05, 3.63) is 66.3 Å². The normalized spacial score (nSPS) is 19.3. The van der Waals surface area contributed by atoms with Crippen molar-refractivity contribution in [3.63, 3.8) is 0 Å². The van der Waals surface area contributed by atoms with Gasteiger partial charge in [0, 0.05) is 23.6 Å². The number of carbonyl (C=O) groups excluding carboxylic acids is 1. The van der Waals surface area contributed by atoms with E-state index < -0.39 is 0 Å². The molecule has 0 radical (unpaired) electrons. The fourth-order valence-corrected chi connectivity index (χ4v) is 4.31. The first-order valence-electron chi connectivity index (χ1n) is 10.7. The summed E-state index contributed by atoms with van der Waals surface area (Å²) in [4.78, 5) is 27.8. The van der Waals surface area contributed by atoms with Gasteiger partial charge in [0.1, 0.15) is 6.33 Å². The number of aromatic nitrogens is 3. The Kier molecular flexibility index (Phi) is 5.17. The maximum atomic E-state index is 13.1. The lowest BCUT2D eigenvalue weighted by molar-refractivity contribution is 0.0938. The summed E-state index contributed by atoms with van der Waals surface area (Å²) < 4.78 is 0. The van der Waals surface area contributed by atoms with Gasteiger partial charge in [-0.05, 0) is 49.8 Å².